The Morgan fingerprint density at radius 1 is 1.42 bits per heavy atom. The van der Waals surface area contributed by atoms with E-state index >= 15 is 0 Å². The molecular weight excluding hydrogens is 398 g/mol. The number of carbonyl (C=O) groups is 1. The minimum Gasteiger partial charge on any atom is -0.338 e. The van der Waals surface area contributed by atoms with E-state index in [1.165, 1.54) is 0 Å². The Labute approximate surface area is 138 Å². The highest BCUT2D eigenvalue weighted by Crippen LogP contribution is 2.22. The lowest BCUT2D eigenvalue weighted by Crippen LogP contribution is -2.44. The SMILES string of the molecule is CNC1CCN(C(=O)c2ccc(I)cc2Cl)CC1.Cl. The fourth-order valence-corrected chi connectivity index (χ4v) is 3.14. The predicted molar refractivity (Wildman–Crippen MR) is 89.4 cm³/mol. The lowest BCUT2D eigenvalue weighted by Gasteiger charge is -2.32. The monoisotopic (exact) mass is 414 g/mol. The summed E-state index contributed by atoms with van der Waals surface area (Å²) in [5, 5.41) is 3.80. The highest BCUT2D eigenvalue weighted by molar-refractivity contribution is 14.1. The average molecular weight is 415 g/mol. The van der Waals surface area contributed by atoms with Crippen LogP contribution in [0.1, 0.15) is 23.2 Å². The van der Waals surface area contributed by atoms with Crippen molar-refractivity contribution >= 4 is 52.5 Å². The summed E-state index contributed by atoms with van der Waals surface area (Å²) in [6, 6.07) is 6.09. The van der Waals surface area contributed by atoms with Gasteiger partial charge < -0.3 is 10.2 Å². The molecule has 6 heteroatoms. The van der Waals surface area contributed by atoms with Crippen molar-refractivity contribution in [3.05, 3.63) is 32.4 Å². The van der Waals surface area contributed by atoms with Gasteiger partial charge in [0.05, 0.1) is 10.6 Å². The number of benzene rings is 1. The van der Waals surface area contributed by atoms with E-state index in [9.17, 15) is 4.79 Å². The molecule has 0 unspecified atom stereocenters. The van der Waals surface area contributed by atoms with Crippen molar-refractivity contribution in [2.24, 2.45) is 0 Å². The zero-order chi connectivity index (χ0) is 13.1. The molecule has 1 aromatic carbocycles. The van der Waals surface area contributed by atoms with Gasteiger partial charge in [0.15, 0.2) is 0 Å². The van der Waals surface area contributed by atoms with Crippen LogP contribution in [0.5, 0.6) is 0 Å². The Morgan fingerprint density at radius 3 is 2.58 bits per heavy atom. The molecule has 0 radical (unpaired) electrons. The average Bonchev–Trinajstić information content (AvgIpc) is 2.38. The Hall–Kier alpha value is -0.0400. The summed E-state index contributed by atoms with van der Waals surface area (Å²) in [7, 11) is 1.97. The quantitative estimate of drug-likeness (QED) is 0.753. The van der Waals surface area contributed by atoms with Crippen LogP contribution in [0, 0.1) is 3.57 Å². The molecule has 106 valence electrons. The molecule has 1 saturated heterocycles. The number of amides is 1. The molecule has 0 aliphatic carbocycles. The van der Waals surface area contributed by atoms with Crippen LogP contribution >= 0.6 is 46.6 Å². The fourth-order valence-electron chi connectivity index (χ4n) is 2.20. The van der Waals surface area contributed by atoms with Gasteiger partial charge in [-0.2, -0.15) is 0 Å². The molecule has 1 heterocycles. The van der Waals surface area contributed by atoms with Crippen molar-refractivity contribution in [3.63, 3.8) is 0 Å². The molecule has 1 N–H and O–H groups in total. The zero-order valence-corrected chi connectivity index (χ0v) is 14.4. The van der Waals surface area contributed by atoms with Crippen LogP contribution in [-0.2, 0) is 0 Å². The summed E-state index contributed by atoms with van der Waals surface area (Å²) in [6.45, 7) is 1.60. The number of halogens is 3. The summed E-state index contributed by atoms with van der Waals surface area (Å²) >= 11 is 8.32. The first-order valence-electron chi connectivity index (χ1n) is 6.03. The first kappa shape index (κ1) is 17.0. The molecule has 0 aromatic heterocycles. The molecule has 1 aliphatic rings. The molecule has 0 atom stereocenters. The summed E-state index contributed by atoms with van der Waals surface area (Å²) in [5.41, 5.74) is 0.611. The first-order chi connectivity index (χ1) is 8.61. The van der Waals surface area contributed by atoms with Crippen molar-refractivity contribution in [2.45, 2.75) is 18.9 Å². The molecule has 1 aliphatic heterocycles. The van der Waals surface area contributed by atoms with E-state index < -0.39 is 0 Å². The van der Waals surface area contributed by atoms with Gasteiger partial charge in [0.2, 0.25) is 0 Å². The van der Waals surface area contributed by atoms with Crippen LogP contribution < -0.4 is 5.32 Å². The highest BCUT2D eigenvalue weighted by atomic mass is 127. The molecule has 1 aromatic rings. The second kappa shape index (κ2) is 7.67. The normalized spacial score (nSPS) is 16.1. The first-order valence-corrected chi connectivity index (χ1v) is 7.49. The van der Waals surface area contributed by atoms with E-state index in [0.717, 1.165) is 29.5 Å². The molecule has 0 saturated carbocycles. The van der Waals surface area contributed by atoms with Gasteiger partial charge in [-0.25, -0.2) is 0 Å². The van der Waals surface area contributed by atoms with Crippen LogP contribution in [-0.4, -0.2) is 37.0 Å². The Morgan fingerprint density at radius 2 is 2.05 bits per heavy atom. The van der Waals surface area contributed by atoms with Gasteiger partial charge in [-0.3, -0.25) is 4.79 Å². The van der Waals surface area contributed by atoms with Crippen molar-refractivity contribution in [3.8, 4) is 0 Å². The van der Waals surface area contributed by atoms with Crippen LogP contribution in [0.2, 0.25) is 5.02 Å². The van der Waals surface area contributed by atoms with E-state index in [4.69, 9.17) is 11.6 Å². The summed E-state index contributed by atoms with van der Waals surface area (Å²) in [4.78, 5) is 14.2. The molecule has 2 rings (SSSR count). The zero-order valence-electron chi connectivity index (χ0n) is 10.7. The number of likely N-dealkylation sites (tertiary alicyclic amines) is 1. The van der Waals surface area contributed by atoms with Crippen LogP contribution in [0.4, 0.5) is 0 Å². The highest BCUT2D eigenvalue weighted by Gasteiger charge is 2.23. The number of rotatable bonds is 2. The van der Waals surface area contributed by atoms with Gasteiger partial charge in [0.25, 0.3) is 5.91 Å². The van der Waals surface area contributed by atoms with Crippen molar-refractivity contribution < 1.29 is 4.79 Å². The Bertz CT molecular complexity index is 448. The third kappa shape index (κ3) is 4.21. The lowest BCUT2D eigenvalue weighted by molar-refractivity contribution is 0.0707. The largest absolute Gasteiger partial charge is 0.338 e. The standard InChI is InChI=1S/C13H16ClIN2O.ClH/c1-16-10-4-6-17(7-5-10)13(18)11-3-2-9(15)8-12(11)14;/h2-3,8,10,16H,4-7H2,1H3;1H. The second-order valence-corrected chi connectivity index (χ2v) is 6.13. The predicted octanol–water partition coefficient (Wildman–Crippen LogP) is 3.19. The smallest absolute Gasteiger partial charge is 0.255 e. The Kier molecular flexibility index (Phi) is 6.86. The molecule has 19 heavy (non-hydrogen) atoms. The Balaban J connectivity index is 0.00000180. The maximum Gasteiger partial charge on any atom is 0.255 e. The van der Waals surface area contributed by atoms with E-state index in [1.54, 1.807) is 0 Å². The third-order valence-electron chi connectivity index (χ3n) is 3.35. The van der Waals surface area contributed by atoms with E-state index in [2.05, 4.69) is 27.9 Å². The van der Waals surface area contributed by atoms with E-state index in [1.807, 2.05) is 30.1 Å². The van der Waals surface area contributed by atoms with Gasteiger partial charge in [-0.05, 0) is 60.7 Å². The molecule has 3 nitrogen and oxygen atoms in total. The maximum atomic E-state index is 12.3. The molecular formula is C13H17Cl2IN2O. The van der Waals surface area contributed by atoms with Gasteiger partial charge in [0, 0.05) is 22.7 Å². The number of hydrogen-bond acceptors (Lipinski definition) is 2. The number of carbonyl (C=O) groups excluding carboxylic acids is 1. The van der Waals surface area contributed by atoms with Crippen LogP contribution in [0.15, 0.2) is 18.2 Å². The summed E-state index contributed by atoms with van der Waals surface area (Å²) in [6.07, 6.45) is 2.01. The van der Waals surface area contributed by atoms with Crippen LogP contribution in [0.3, 0.4) is 0 Å². The fraction of sp³-hybridized carbons (Fsp3) is 0.462. The van der Waals surface area contributed by atoms with Gasteiger partial charge in [-0.1, -0.05) is 11.6 Å². The minimum absolute atomic E-state index is 0. The van der Waals surface area contributed by atoms with Gasteiger partial charge in [-0.15, -0.1) is 12.4 Å². The molecule has 0 bridgehead atoms. The second-order valence-electron chi connectivity index (χ2n) is 4.48. The molecule has 1 fully saturated rings. The van der Waals surface area contributed by atoms with Crippen molar-refractivity contribution in [2.75, 3.05) is 20.1 Å². The number of hydrogen-bond donors (Lipinski definition) is 1. The number of piperidine rings is 1. The summed E-state index contributed by atoms with van der Waals surface area (Å²) in [5.74, 6) is 0.0472. The van der Waals surface area contributed by atoms with E-state index in [0.29, 0.717) is 16.6 Å². The minimum atomic E-state index is 0. The molecule has 1 amide bonds. The topological polar surface area (TPSA) is 32.3 Å². The molecule has 0 spiro atoms. The van der Waals surface area contributed by atoms with E-state index in [-0.39, 0.29) is 18.3 Å². The van der Waals surface area contributed by atoms with Gasteiger partial charge >= 0.3 is 0 Å². The van der Waals surface area contributed by atoms with Gasteiger partial charge in [0.1, 0.15) is 0 Å². The van der Waals surface area contributed by atoms with Crippen molar-refractivity contribution in [1.82, 2.24) is 10.2 Å². The lowest BCUT2D eigenvalue weighted by atomic mass is 10.0. The summed E-state index contributed by atoms with van der Waals surface area (Å²) < 4.78 is 1.04. The number of nitrogens with zero attached hydrogens (tertiary/aromatic N) is 1. The van der Waals surface area contributed by atoms with Crippen LogP contribution in [0.25, 0.3) is 0 Å². The third-order valence-corrected chi connectivity index (χ3v) is 4.34. The maximum absolute atomic E-state index is 12.3. The number of nitrogens with one attached hydrogen (secondary N) is 1. The van der Waals surface area contributed by atoms with Crippen molar-refractivity contribution in [1.29, 1.82) is 0 Å².